The molecule has 2 aliphatic carbocycles. The van der Waals surface area contributed by atoms with Crippen molar-refractivity contribution >= 4 is 11.9 Å². The molecule has 3 N–H and O–H groups in total. The Morgan fingerprint density at radius 2 is 1.89 bits per heavy atom. The normalized spacial score (nSPS) is 42.5. The van der Waals surface area contributed by atoms with Crippen molar-refractivity contribution in [2.24, 2.45) is 23.5 Å². The zero-order valence-corrected chi connectivity index (χ0v) is 10.4. The molecule has 5 heteroatoms. The fourth-order valence-electron chi connectivity index (χ4n) is 4.18. The molecule has 2 saturated carbocycles. The molecule has 5 nitrogen and oxygen atoms in total. The number of carbonyl (C=O) groups is 2. The Bertz CT molecular complexity index is 382. The second-order valence-electron chi connectivity index (χ2n) is 5.96. The minimum Gasteiger partial charge on any atom is -0.480 e. The largest absolute Gasteiger partial charge is 0.480 e. The number of hydrogen-bond acceptors (Lipinski definition) is 3. The van der Waals surface area contributed by atoms with Gasteiger partial charge in [-0.15, -0.1) is 0 Å². The van der Waals surface area contributed by atoms with Crippen LogP contribution in [0.5, 0.6) is 0 Å². The number of nitrogens with zero attached hydrogens (tertiary/aromatic N) is 1. The number of nitrogens with two attached hydrogens (primary N) is 1. The lowest BCUT2D eigenvalue weighted by atomic mass is 9.84. The Kier molecular flexibility index (Phi) is 2.81. The van der Waals surface area contributed by atoms with E-state index in [9.17, 15) is 9.59 Å². The van der Waals surface area contributed by atoms with Crippen molar-refractivity contribution in [3.05, 3.63) is 0 Å². The summed E-state index contributed by atoms with van der Waals surface area (Å²) in [4.78, 5) is 25.3. The number of fused-ring (bicyclic) bond motifs is 2. The molecule has 0 radical (unpaired) electrons. The van der Waals surface area contributed by atoms with E-state index in [1.807, 2.05) is 0 Å². The summed E-state index contributed by atoms with van der Waals surface area (Å²) in [5, 5.41) is 9.15. The SMILES string of the molecule is NC1C2CCC(C2)C1C(=O)N1CCCC1C(=O)O. The highest BCUT2D eigenvalue weighted by atomic mass is 16.4. The lowest BCUT2D eigenvalue weighted by Gasteiger charge is -2.32. The maximum atomic E-state index is 12.5. The highest BCUT2D eigenvalue weighted by molar-refractivity contribution is 5.86. The number of carboxylic acids is 1. The van der Waals surface area contributed by atoms with Crippen LogP contribution < -0.4 is 5.73 Å². The smallest absolute Gasteiger partial charge is 0.326 e. The van der Waals surface area contributed by atoms with Crippen LogP contribution in [0.2, 0.25) is 0 Å². The molecule has 3 fully saturated rings. The van der Waals surface area contributed by atoms with Gasteiger partial charge in [-0.2, -0.15) is 0 Å². The number of carbonyl (C=O) groups excluding carboxylic acids is 1. The van der Waals surface area contributed by atoms with E-state index in [2.05, 4.69) is 0 Å². The number of hydrogen-bond donors (Lipinski definition) is 2. The second kappa shape index (κ2) is 4.23. The molecular weight excluding hydrogens is 232 g/mol. The van der Waals surface area contributed by atoms with Gasteiger partial charge in [0.05, 0.1) is 5.92 Å². The monoisotopic (exact) mass is 252 g/mol. The van der Waals surface area contributed by atoms with Gasteiger partial charge in [-0.05, 0) is 43.9 Å². The number of carboxylic acid groups (broad SMARTS) is 1. The molecule has 3 rings (SSSR count). The van der Waals surface area contributed by atoms with Crippen LogP contribution in [0.15, 0.2) is 0 Å². The van der Waals surface area contributed by atoms with Gasteiger partial charge < -0.3 is 15.7 Å². The molecule has 5 unspecified atom stereocenters. The fraction of sp³-hybridized carbons (Fsp3) is 0.846. The van der Waals surface area contributed by atoms with Crippen LogP contribution >= 0.6 is 0 Å². The summed E-state index contributed by atoms with van der Waals surface area (Å²) in [7, 11) is 0. The Balaban J connectivity index is 1.76. The third kappa shape index (κ3) is 1.64. The van der Waals surface area contributed by atoms with E-state index in [0.717, 1.165) is 25.7 Å². The van der Waals surface area contributed by atoms with Crippen molar-refractivity contribution in [1.29, 1.82) is 0 Å². The van der Waals surface area contributed by atoms with Gasteiger partial charge in [0, 0.05) is 12.6 Å². The molecule has 0 aromatic carbocycles. The van der Waals surface area contributed by atoms with Crippen molar-refractivity contribution in [2.45, 2.75) is 44.2 Å². The lowest BCUT2D eigenvalue weighted by Crippen LogP contribution is -2.50. The van der Waals surface area contributed by atoms with Crippen LogP contribution in [0.1, 0.15) is 32.1 Å². The van der Waals surface area contributed by atoms with Gasteiger partial charge in [-0.3, -0.25) is 4.79 Å². The highest BCUT2D eigenvalue weighted by Gasteiger charge is 2.51. The van der Waals surface area contributed by atoms with Crippen molar-refractivity contribution in [3.8, 4) is 0 Å². The number of aliphatic carboxylic acids is 1. The summed E-state index contributed by atoms with van der Waals surface area (Å²) >= 11 is 0. The lowest BCUT2D eigenvalue weighted by molar-refractivity contribution is -0.151. The summed E-state index contributed by atoms with van der Waals surface area (Å²) < 4.78 is 0. The molecule has 1 saturated heterocycles. The van der Waals surface area contributed by atoms with E-state index < -0.39 is 12.0 Å². The third-order valence-electron chi connectivity index (χ3n) is 5.09. The van der Waals surface area contributed by atoms with Crippen molar-refractivity contribution < 1.29 is 14.7 Å². The zero-order valence-electron chi connectivity index (χ0n) is 10.4. The predicted octanol–water partition coefficient (Wildman–Crippen LogP) is 0.435. The molecule has 0 aromatic heterocycles. The maximum absolute atomic E-state index is 12.5. The average Bonchev–Trinajstić information content (AvgIpc) is 3.03. The minimum atomic E-state index is -0.877. The second-order valence-corrected chi connectivity index (χ2v) is 5.96. The third-order valence-corrected chi connectivity index (χ3v) is 5.09. The van der Waals surface area contributed by atoms with E-state index in [1.54, 1.807) is 4.90 Å². The Labute approximate surface area is 106 Å². The van der Waals surface area contributed by atoms with E-state index in [-0.39, 0.29) is 17.9 Å². The van der Waals surface area contributed by atoms with Crippen LogP contribution in [0, 0.1) is 17.8 Å². The van der Waals surface area contributed by atoms with Gasteiger partial charge >= 0.3 is 5.97 Å². The topological polar surface area (TPSA) is 83.6 Å². The molecule has 3 aliphatic rings. The van der Waals surface area contributed by atoms with E-state index in [4.69, 9.17) is 10.8 Å². The van der Waals surface area contributed by atoms with Gasteiger partial charge in [-0.1, -0.05) is 0 Å². The van der Waals surface area contributed by atoms with Gasteiger partial charge in [0.1, 0.15) is 6.04 Å². The van der Waals surface area contributed by atoms with Gasteiger partial charge in [0.2, 0.25) is 5.91 Å². The molecule has 1 aliphatic heterocycles. The Morgan fingerprint density at radius 3 is 2.50 bits per heavy atom. The summed E-state index contributed by atoms with van der Waals surface area (Å²) in [6.07, 6.45) is 4.65. The molecule has 1 heterocycles. The van der Waals surface area contributed by atoms with Gasteiger partial charge in [-0.25, -0.2) is 4.79 Å². The molecule has 100 valence electrons. The van der Waals surface area contributed by atoms with E-state index >= 15 is 0 Å². The van der Waals surface area contributed by atoms with Crippen molar-refractivity contribution in [1.82, 2.24) is 4.90 Å². The Morgan fingerprint density at radius 1 is 1.17 bits per heavy atom. The maximum Gasteiger partial charge on any atom is 0.326 e. The van der Waals surface area contributed by atoms with Gasteiger partial charge in [0.15, 0.2) is 0 Å². The van der Waals surface area contributed by atoms with E-state index in [0.29, 0.717) is 24.8 Å². The number of likely N-dealkylation sites (tertiary alicyclic amines) is 1. The molecule has 2 bridgehead atoms. The summed E-state index contributed by atoms with van der Waals surface area (Å²) in [6, 6.07) is -0.671. The first-order valence-electron chi connectivity index (χ1n) is 6.88. The number of amides is 1. The predicted molar refractivity (Wildman–Crippen MR) is 64.7 cm³/mol. The summed E-state index contributed by atoms with van der Waals surface area (Å²) in [6.45, 7) is 0.580. The van der Waals surface area contributed by atoms with Crippen LogP contribution in [0.25, 0.3) is 0 Å². The quantitative estimate of drug-likeness (QED) is 0.746. The molecule has 0 aromatic rings. The van der Waals surface area contributed by atoms with Crippen LogP contribution in [-0.2, 0) is 9.59 Å². The number of rotatable bonds is 2. The van der Waals surface area contributed by atoms with Gasteiger partial charge in [0.25, 0.3) is 0 Å². The Hall–Kier alpha value is -1.10. The molecular formula is C13H20N2O3. The molecule has 5 atom stereocenters. The molecule has 0 spiro atoms. The van der Waals surface area contributed by atoms with Crippen LogP contribution in [0.3, 0.4) is 0 Å². The van der Waals surface area contributed by atoms with E-state index in [1.165, 1.54) is 0 Å². The minimum absolute atomic E-state index is 0.000370. The standard InChI is InChI=1S/C13H20N2O3/c14-11-8-4-3-7(6-8)10(11)12(16)15-5-1-2-9(15)13(17)18/h7-11H,1-6,14H2,(H,17,18). The molecule has 1 amide bonds. The highest BCUT2D eigenvalue weighted by Crippen LogP contribution is 2.48. The van der Waals surface area contributed by atoms with Crippen molar-refractivity contribution in [2.75, 3.05) is 6.54 Å². The zero-order chi connectivity index (χ0) is 12.9. The summed E-state index contributed by atoms with van der Waals surface area (Å²) in [5.41, 5.74) is 6.16. The summed E-state index contributed by atoms with van der Waals surface area (Å²) in [5.74, 6) is -0.122. The first-order chi connectivity index (χ1) is 8.59. The van der Waals surface area contributed by atoms with Crippen molar-refractivity contribution in [3.63, 3.8) is 0 Å². The first kappa shape index (κ1) is 12.0. The molecule has 18 heavy (non-hydrogen) atoms. The average molecular weight is 252 g/mol. The fourth-order valence-corrected chi connectivity index (χ4v) is 4.18. The van der Waals surface area contributed by atoms with Crippen LogP contribution in [0.4, 0.5) is 0 Å². The van der Waals surface area contributed by atoms with Crippen LogP contribution in [-0.4, -0.2) is 40.5 Å². The first-order valence-corrected chi connectivity index (χ1v) is 6.88.